The molecular formula is C16H17N3O2S. The molecule has 1 amide bonds. The van der Waals surface area contributed by atoms with Crippen molar-refractivity contribution in [2.45, 2.75) is 24.9 Å². The third-order valence-electron chi connectivity index (χ3n) is 4.41. The second-order valence-corrected chi connectivity index (χ2v) is 6.70. The zero-order chi connectivity index (χ0) is 14.9. The van der Waals surface area contributed by atoms with Gasteiger partial charge < -0.3 is 15.4 Å². The minimum Gasteiger partial charge on any atom is -0.431 e. The maximum absolute atomic E-state index is 12.3. The molecule has 3 unspecified atom stereocenters. The van der Waals surface area contributed by atoms with Crippen LogP contribution in [0.15, 0.2) is 35.8 Å². The molecule has 2 heterocycles. The predicted molar refractivity (Wildman–Crippen MR) is 84.4 cm³/mol. The van der Waals surface area contributed by atoms with Crippen LogP contribution in [0.5, 0.6) is 10.9 Å². The summed E-state index contributed by atoms with van der Waals surface area (Å²) in [5, 5.41) is 9.08. The average molecular weight is 315 g/mol. The molecule has 2 bridgehead atoms. The molecule has 5 nitrogen and oxygen atoms in total. The number of rotatable bonds is 4. The number of nitrogens with zero attached hydrogens (tertiary/aromatic N) is 1. The van der Waals surface area contributed by atoms with Crippen molar-refractivity contribution in [2.75, 3.05) is 6.54 Å². The van der Waals surface area contributed by atoms with E-state index < -0.39 is 0 Å². The van der Waals surface area contributed by atoms with E-state index >= 15 is 0 Å². The van der Waals surface area contributed by atoms with E-state index in [9.17, 15) is 4.79 Å². The summed E-state index contributed by atoms with van der Waals surface area (Å²) in [6.07, 6.45) is 3.93. The van der Waals surface area contributed by atoms with Crippen LogP contribution in [0.1, 0.15) is 23.2 Å². The van der Waals surface area contributed by atoms with Gasteiger partial charge >= 0.3 is 0 Å². The lowest BCUT2D eigenvalue weighted by Crippen LogP contribution is -2.44. The van der Waals surface area contributed by atoms with E-state index in [0.29, 0.717) is 34.5 Å². The Morgan fingerprint density at radius 1 is 1.32 bits per heavy atom. The first-order chi connectivity index (χ1) is 10.8. The molecule has 1 aromatic heterocycles. The Morgan fingerprint density at radius 3 is 2.82 bits per heavy atom. The van der Waals surface area contributed by atoms with E-state index in [1.807, 2.05) is 5.38 Å². The Balaban J connectivity index is 1.38. The molecule has 3 atom stereocenters. The van der Waals surface area contributed by atoms with Crippen LogP contribution in [0.3, 0.4) is 0 Å². The number of nitrogens with one attached hydrogen (secondary N) is 2. The molecule has 0 radical (unpaired) electrons. The summed E-state index contributed by atoms with van der Waals surface area (Å²) in [6.45, 7) is 1.02. The Hall–Kier alpha value is -1.92. The molecule has 22 heavy (non-hydrogen) atoms. The number of piperidine rings is 1. The molecule has 6 heteroatoms. The Kier molecular flexibility index (Phi) is 3.56. The van der Waals surface area contributed by atoms with E-state index in [2.05, 4.69) is 15.6 Å². The smallest absolute Gasteiger partial charge is 0.278 e. The van der Waals surface area contributed by atoms with Gasteiger partial charge in [-0.2, -0.15) is 0 Å². The summed E-state index contributed by atoms with van der Waals surface area (Å²) in [6, 6.07) is 8.10. The van der Waals surface area contributed by atoms with E-state index in [4.69, 9.17) is 4.74 Å². The minimum absolute atomic E-state index is 0.00153. The van der Waals surface area contributed by atoms with Gasteiger partial charge in [-0.3, -0.25) is 4.79 Å². The highest BCUT2D eigenvalue weighted by atomic mass is 32.1. The molecule has 2 fully saturated rings. The summed E-state index contributed by atoms with van der Waals surface area (Å²) in [5.41, 5.74) is 0.669. The van der Waals surface area contributed by atoms with Crippen molar-refractivity contribution in [1.82, 2.24) is 15.6 Å². The molecule has 1 aliphatic heterocycles. The summed E-state index contributed by atoms with van der Waals surface area (Å²) >= 11 is 1.44. The fourth-order valence-electron chi connectivity index (χ4n) is 3.30. The van der Waals surface area contributed by atoms with Crippen molar-refractivity contribution in [3.8, 4) is 10.9 Å². The highest BCUT2D eigenvalue weighted by Gasteiger charge is 2.39. The molecular weight excluding hydrogens is 298 g/mol. The van der Waals surface area contributed by atoms with Crippen LogP contribution in [0.2, 0.25) is 0 Å². The van der Waals surface area contributed by atoms with Gasteiger partial charge in [0.1, 0.15) is 5.75 Å². The van der Waals surface area contributed by atoms with Crippen molar-refractivity contribution in [1.29, 1.82) is 0 Å². The SMILES string of the molecule is O=C(NC1CC2CC1CN2)c1ccc(Oc2nccs2)cc1. The Bertz CT molecular complexity index is 657. The van der Waals surface area contributed by atoms with E-state index in [1.165, 1.54) is 17.8 Å². The van der Waals surface area contributed by atoms with Gasteiger partial charge in [-0.1, -0.05) is 11.3 Å². The second-order valence-electron chi connectivity index (χ2n) is 5.84. The average Bonchev–Trinajstić information content (AvgIpc) is 3.25. The fraction of sp³-hybridized carbons (Fsp3) is 0.375. The normalized spacial score (nSPS) is 26.1. The molecule has 2 aliphatic rings. The topological polar surface area (TPSA) is 63.2 Å². The number of thiazole rings is 1. The van der Waals surface area contributed by atoms with Crippen LogP contribution in [0.4, 0.5) is 0 Å². The zero-order valence-corrected chi connectivity index (χ0v) is 12.8. The summed E-state index contributed by atoms with van der Waals surface area (Å²) in [7, 11) is 0. The molecule has 1 saturated heterocycles. The molecule has 1 saturated carbocycles. The first kappa shape index (κ1) is 13.7. The van der Waals surface area contributed by atoms with Crippen LogP contribution in [-0.2, 0) is 0 Å². The summed E-state index contributed by atoms with van der Waals surface area (Å²) in [4.78, 5) is 16.4. The van der Waals surface area contributed by atoms with Crippen LogP contribution in [-0.4, -0.2) is 29.5 Å². The van der Waals surface area contributed by atoms with Gasteiger partial charge in [-0.25, -0.2) is 4.98 Å². The molecule has 114 valence electrons. The first-order valence-corrected chi connectivity index (χ1v) is 8.37. The number of carbonyl (C=O) groups is 1. The largest absolute Gasteiger partial charge is 0.431 e. The minimum atomic E-state index is -0.00153. The molecule has 2 aromatic rings. The summed E-state index contributed by atoms with van der Waals surface area (Å²) in [5.74, 6) is 1.27. The van der Waals surface area contributed by atoms with Crippen molar-refractivity contribution in [2.24, 2.45) is 5.92 Å². The molecule has 1 aliphatic carbocycles. The lowest BCUT2D eigenvalue weighted by Gasteiger charge is -2.23. The van der Waals surface area contributed by atoms with E-state index in [-0.39, 0.29) is 5.91 Å². The van der Waals surface area contributed by atoms with Crippen molar-refractivity contribution >= 4 is 17.2 Å². The van der Waals surface area contributed by atoms with Crippen LogP contribution < -0.4 is 15.4 Å². The maximum atomic E-state index is 12.3. The quantitative estimate of drug-likeness (QED) is 0.909. The number of benzene rings is 1. The van der Waals surface area contributed by atoms with Crippen molar-refractivity contribution in [3.63, 3.8) is 0 Å². The lowest BCUT2D eigenvalue weighted by molar-refractivity contribution is 0.0925. The summed E-state index contributed by atoms with van der Waals surface area (Å²) < 4.78 is 5.59. The second kappa shape index (κ2) is 5.70. The predicted octanol–water partition coefficient (Wildman–Crippen LogP) is 2.42. The van der Waals surface area contributed by atoms with Crippen molar-refractivity contribution in [3.05, 3.63) is 41.4 Å². The van der Waals surface area contributed by atoms with E-state index in [0.717, 1.165) is 13.0 Å². The molecule has 2 N–H and O–H groups in total. The highest BCUT2D eigenvalue weighted by molar-refractivity contribution is 7.11. The van der Waals surface area contributed by atoms with Crippen molar-refractivity contribution < 1.29 is 9.53 Å². The van der Waals surface area contributed by atoms with Gasteiger partial charge in [0.15, 0.2) is 0 Å². The lowest BCUT2D eigenvalue weighted by atomic mass is 10.0. The van der Waals surface area contributed by atoms with Crippen LogP contribution in [0, 0.1) is 5.92 Å². The van der Waals surface area contributed by atoms with Gasteiger partial charge in [-0.05, 0) is 43.0 Å². The number of fused-ring (bicyclic) bond motifs is 2. The molecule has 0 spiro atoms. The molecule has 1 aromatic carbocycles. The number of hydrogen-bond donors (Lipinski definition) is 2. The monoisotopic (exact) mass is 315 g/mol. The van der Waals surface area contributed by atoms with Crippen LogP contribution in [0.25, 0.3) is 0 Å². The Morgan fingerprint density at radius 2 is 2.18 bits per heavy atom. The maximum Gasteiger partial charge on any atom is 0.278 e. The third-order valence-corrected chi connectivity index (χ3v) is 5.06. The number of ether oxygens (including phenoxy) is 1. The third kappa shape index (κ3) is 2.71. The standard InChI is InChI=1S/C16H17N3O2S/c20-15(19-14-8-12-7-11(14)9-18-12)10-1-3-13(4-2-10)21-16-17-5-6-22-16/h1-6,11-12,14,18H,7-9H2,(H,19,20). The Labute approximate surface area is 132 Å². The van der Waals surface area contributed by atoms with Gasteiger partial charge in [0.25, 0.3) is 11.1 Å². The van der Waals surface area contributed by atoms with E-state index in [1.54, 1.807) is 30.5 Å². The number of carbonyl (C=O) groups excluding carboxylic acids is 1. The van der Waals surface area contributed by atoms with Gasteiger partial charge in [0, 0.05) is 35.8 Å². The highest BCUT2D eigenvalue weighted by Crippen LogP contribution is 2.31. The number of aromatic nitrogens is 1. The number of hydrogen-bond acceptors (Lipinski definition) is 5. The van der Waals surface area contributed by atoms with Gasteiger partial charge in [0.05, 0.1) is 0 Å². The van der Waals surface area contributed by atoms with Crippen LogP contribution >= 0.6 is 11.3 Å². The van der Waals surface area contributed by atoms with Gasteiger partial charge in [0.2, 0.25) is 0 Å². The first-order valence-electron chi connectivity index (χ1n) is 7.49. The fourth-order valence-corrected chi connectivity index (χ4v) is 3.80. The van der Waals surface area contributed by atoms with Gasteiger partial charge in [-0.15, -0.1) is 0 Å². The number of amides is 1. The zero-order valence-electron chi connectivity index (χ0n) is 12.0. The molecule has 4 rings (SSSR count).